The Morgan fingerprint density at radius 2 is 1.89 bits per heavy atom. The average molecular weight is 152 g/mol. The summed E-state index contributed by atoms with van der Waals surface area (Å²) in [6.45, 7) is 2.33. The summed E-state index contributed by atoms with van der Waals surface area (Å²) < 4.78 is 0.350. The molecule has 0 fully saturated rings. The quantitative estimate of drug-likeness (QED) is 0.374. The average Bonchev–Trinajstić information content (AvgIpc) is 1.63. The van der Waals surface area contributed by atoms with E-state index in [9.17, 15) is 9.59 Å². The molecule has 0 aliphatic heterocycles. The molecule has 0 aromatic carbocycles. The van der Waals surface area contributed by atoms with Gasteiger partial charge in [0.05, 0.1) is 11.8 Å². The lowest BCUT2D eigenvalue weighted by atomic mass is 10.8. The van der Waals surface area contributed by atoms with Crippen molar-refractivity contribution in [3.63, 3.8) is 0 Å². The number of carbonyl (C=O) groups is 2. The number of amides is 1. The van der Waals surface area contributed by atoms with E-state index in [1.807, 2.05) is 0 Å². The van der Waals surface area contributed by atoms with E-state index in [0.29, 0.717) is 4.58 Å². The molecule has 4 nitrogen and oxygen atoms in total. The molecule has 52 valence electrons. The molecule has 0 aliphatic rings. The van der Waals surface area contributed by atoms with Crippen LogP contribution in [0.15, 0.2) is 0 Å². The Balaban J connectivity index is 3.63. The van der Waals surface area contributed by atoms with Crippen LogP contribution in [0.4, 0.5) is 0 Å². The van der Waals surface area contributed by atoms with E-state index in [-0.39, 0.29) is 0 Å². The molecule has 0 saturated heterocycles. The summed E-state index contributed by atoms with van der Waals surface area (Å²) in [7, 11) is 0. The van der Waals surface area contributed by atoms with Crippen molar-refractivity contribution in [1.29, 1.82) is 0 Å². The van der Waals surface area contributed by atoms with Gasteiger partial charge in [0.1, 0.15) is 0 Å². The molecule has 0 radical (unpaired) electrons. The van der Waals surface area contributed by atoms with Crippen molar-refractivity contribution in [2.24, 2.45) is 0 Å². The first-order valence-corrected chi connectivity index (χ1v) is 2.53. The number of rotatable bonds is 0. The van der Waals surface area contributed by atoms with Gasteiger partial charge in [0.2, 0.25) is 0 Å². The van der Waals surface area contributed by atoms with Crippen LogP contribution in [-0.4, -0.2) is 16.5 Å². The molecule has 0 saturated carbocycles. The lowest BCUT2D eigenvalue weighted by Gasteiger charge is -2.06. The molecule has 0 aromatic rings. The van der Waals surface area contributed by atoms with Crippen molar-refractivity contribution in [2.45, 2.75) is 13.8 Å². The summed E-state index contributed by atoms with van der Waals surface area (Å²) in [4.78, 5) is 24.4. The van der Waals surface area contributed by atoms with Crippen LogP contribution < -0.4 is 0 Å². The van der Waals surface area contributed by atoms with Crippen LogP contribution in [0.5, 0.6) is 0 Å². The Kier molecular flexibility index (Phi) is 3.01. The molecule has 0 aromatic heterocycles. The molecule has 0 unspecified atom stereocenters. The van der Waals surface area contributed by atoms with Gasteiger partial charge >= 0.3 is 5.97 Å². The van der Waals surface area contributed by atoms with Crippen LogP contribution in [0.1, 0.15) is 13.8 Å². The second kappa shape index (κ2) is 3.29. The number of hydrogen-bond acceptors (Lipinski definition) is 3. The minimum atomic E-state index is -0.625. The summed E-state index contributed by atoms with van der Waals surface area (Å²) >= 11 is 5.05. The van der Waals surface area contributed by atoms with Gasteiger partial charge in [-0.3, -0.25) is 4.79 Å². The number of carbonyl (C=O) groups excluding carboxylic acids is 2. The summed E-state index contributed by atoms with van der Waals surface area (Å²) in [6, 6.07) is 0. The predicted octanol–water partition coefficient (Wildman–Crippen LogP) is 0.467. The molecule has 0 spiro atoms. The van der Waals surface area contributed by atoms with Gasteiger partial charge in [0, 0.05) is 13.8 Å². The predicted molar refractivity (Wildman–Crippen MR) is 30.1 cm³/mol. The zero-order valence-corrected chi connectivity index (χ0v) is 5.81. The smallest absolute Gasteiger partial charge is 0.322 e. The molecule has 0 atom stereocenters. The Morgan fingerprint density at radius 3 is 2.00 bits per heavy atom. The lowest BCUT2D eigenvalue weighted by molar-refractivity contribution is -0.175. The number of nitrogens with zero attached hydrogens (tertiary/aromatic N) is 1. The van der Waals surface area contributed by atoms with Crippen molar-refractivity contribution in [3.8, 4) is 0 Å². The summed E-state index contributed by atoms with van der Waals surface area (Å²) in [5.41, 5.74) is 0. The van der Waals surface area contributed by atoms with E-state index in [1.54, 1.807) is 0 Å². The van der Waals surface area contributed by atoms with E-state index in [0.717, 1.165) is 6.92 Å². The van der Waals surface area contributed by atoms with Crippen molar-refractivity contribution >= 4 is 23.7 Å². The Bertz CT molecular complexity index is 136. The van der Waals surface area contributed by atoms with Gasteiger partial charge < -0.3 is 4.84 Å². The Hall–Kier alpha value is -0.770. The lowest BCUT2D eigenvalue weighted by Crippen LogP contribution is -2.20. The molecular weight excluding hydrogens is 146 g/mol. The molecule has 0 rings (SSSR count). The maximum atomic E-state index is 10.2. The van der Waals surface area contributed by atoms with Crippen LogP contribution in [0.2, 0.25) is 0 Å². The first kappa shape index (κ1) is 8.23. The summed E-state index contributed by atoms with van der Waals surface area (Å²) in [5, 5.41) is 0. The highest BCUT2D eigenvalue weighted by atomic mass is 35.5. The molecular formula is C4H6ClNO3. The van der Waals surface area contributed by atoms with Crippen LogP contribution in [0.3, 0.4) is 0 Å². The number of hydrogen-bond donors (Lipinski definition) is 0. The van der Waals surface area contributed by atoms with Crippen molar-refractivity contribution in [2.75, 3.05) is 0 Å². The zero-order chi connectivity index (χ0) is 7.44. The third kappa shape index (κ3) is 3.78. The standard InChI is InChI=1S/C4H6ClNO3/c1-3(7)6(5)9-4(2)8/h1-2H3. The molecule has 0 heterocycles. The van der Waals surface area contributed by atoms with Gasteiger partial charge in [-0.05, 0) is 0 Å². The van der Waals surface area contributed by atoms with Crippen LogP contribution >= 0.6 is 11.8 Å². The molecule has 9 heavy (non-hydrogen) atoms. The normalized spacial score (nSPS) is 8.33. The second-order valence-electron chi connectivity index (χ2n) is 1.35. The summed E-state index contributed by atoms with van der Waals surface area (Å²) in [6.07, 6.45) is 0. The second-order valence-corrected chi connectivity index (χ2v) is 1.65. The van der Waals surface area contributed by atoms with Crippen LogP contribution in [0, 0.1) is 0 Å². The fraction of sp³-hybridized carbons (Fsp3) is 0.500. The number of halogens is 1. The molecule has 5 heteroatoms. The highest BCUT2D eigenvalue weighted by molar-refractivity contribution is 6.20. The van der Waals surface area contributed by atoms with E-state index in [2.05, 4.69) is 4.84 Å². The van der Waals surface area contributed by atoms with Crippen LogP contribution in [-0.2, 0) is 14.4 Å². The number of hydroxylamine groups is 1. The minimum absolute atomic E-state index is 0.350. The molecule has 0 aliphatic carbocycles. The third-order valence-electron chi connectivity index (χ3n) is 0.456. The fourth-order valence-electron chi connectivity index (χ4n) is 0.177. The topological polar surface area (TPSA) is 46.6 Å². The highest BCUT2D eigenvalue weighted by Crippen LogP contribution is 1.95. The fourth-order valence-corrected chi connectivity index (χ4v) is 0.274. The first-order chi connectivity index (χ1) is 4.04. The third-order valence-corrected chi connectivity index (χ3v) is 0.763. The molecule has 1 amide bonds. The maximum absolute atomic E-state index is 10.2. The van der Waals surface area contributed by atoms with Gasteiger partial charge in [0.25, 0.3) is 5.91 Å². The van der Waals surface area contributed by atoms with Crippen LogP contribution in [0.25, 0.3) is 0 Å². The van der Waals surface area contributed by atoms with Gasteiger partial charge in [0.15, 0.2) is 0 Å². The summed E-state index contributed by atoms with van der Waals surface area (Å²) in [5.74, 6) is -1.16. The van der Waals surface area contributed by atoms with Gasteiger partial charge in [-0.1, -0.05) is 4.58 Å². The SMILES string of the molecule is CC(=O)ON(Cl)C(C)=O. The van der Waals surface area contributed by atoms with Gasteiger partial charge in [-0.25, -0.2) is 4.79 Å². The monoisotopic (exact) mass is 151 g/mol. The minimum Gasteiger partial charge on any atom is -0.322 e. The Morgan fingerprint density at radius 1 is 1.44 bits per heavy atom. The van der Waals surface area contributed by atoms with Crippen molar-refractivity contribution in [3.05, 3.63) is 0 Å². The van der Waals surface area contributed by atoms with Crippen molar-refractivity contribution < 1.29 is 14.4 Å². The Labute approximate surface area is 57.4 Å². The van der Waals surface area contributed by atoms with Gasteiger partial charge in [-0.2, -0.15) is 0 Å². The van der Waals surface area contributed by atoms with Gasteiger partial charge in [-0.15, -0.1) is 0 Å². The maximum Gasteiger partial charge on any atom is 0.331 e. The van der Waals surface area contributed by atoms with E-state index in [1.165, 1.54) is 6.92 Å². The highest BCUT2D eigenvalue weighted by Gasteiger charge is 2.06. The van der Waals surface area contributed by atoms with Crippen molar-refractivity contribution in [1.82, 2.24) is 4.58 Å². The first-order valence-electron chi connectivity index (χ1n) is 2.19. The van der Waals surface area contributed by atoms with E-state index >= 15 is 0 Å². The van der Waals surface area contributed by atoms with E-state index in [4.69, 9.17) is 11.8 Å². The zero-order valence-electron chi connectivity index (χ0n) is 5.05. The van der Waals surface area contributed by atoms with E-state index < -0.39 is 11.9 Å². The molecule has 0 N–H and O–H groups in total. The molecule has 0 bridgehead atoms. The largest absolute Gasteiger partial charge is 0.331 e.